The molecule has 0 aliphatic carbocycles. The fourth-order valence-corrected chi connectivity index (χ4v) is 1.50. The van der Waals surface area contributed by atoms with E-state index in [0.29, 0.717) is 12.1 Å². The first-order valence-electron chi connectivity index (χ1n) is 5.56. The quantitative estimate of drug-likeness (QED) is 0.574. The molecule has 0 aromatic heterocycles. The average molecular weight is 238 g/mol. The zero-order chi connectivity index (χ0) is 12.8. The number of carbonyl (C=O) groups excluding carboxylic acids is 1. The smallest absolute Gasteiger partial charge is 0.233 e. The maximum atomic E-state index is 11.2. The van der Waals surface area contributed by atoms with Gasteiger partial charge in [-0.1, -0.05) is 0 Å². The second-order valence-corrected chi connectivity index (χ2v) is 3.80. The summed E-state index contributed by atoms with van der Waals surface area (Å²) in [6.07, 6.45) is 0. The summed E-state index contributed by atoms with van der Waals surface area (Å²) >= 11 is 0. The first-order chi connectivity index (χ1) is 8.04. The third-order valence-electron chi connectivity index (χ3n) is 2.42. The van der Waals surface area contributed by atoms with Crippen molar-refractivity contribution in [2.24, 2.45) is 0 Å². The first-order valence-corrected chi connectivity index (χ1v) is 5.56. The van der Waals surface area contributed by atoms with E-state index in [1.165, 1.54) is 18.2 Å². The number of phenols is 2. The van der Waals surface area contributed by atoms with Crippen LogP contribution in [0, 0.1) is 0 Å². The van der Waals surface area contributed by atoms with Gasteiger partial charge in [-0.3, -0.25) is 4.79 Å². The van der Waals surface area contributed by atoms with Gasteiger partial charge < -0.3 is 20.8 Å². The van der Waals surface area contributed by atoms with Crippen LogP contribution in [0.5, 0.6) is 11.5 Å². The number of hydrogen-bond donors (Lipinski definition) is 4. The van der Waals surface area contributed by atoms with Crippen molar-refractivity contribution >= 4 is 5.91 Å². The van der Waals surface area contributed by atoms with Gasteiger partial charge in [-0.05, 0) is 32.0 Å². The van der Waals surface area contributed by atoms with E-state index in [1.54, 1.807) is 0 Å². The van der Waals surface area contributed by atoms with Crippen molar-refractivity contribution in [1.29, 1.82) is 0 Å². The van der Waals surface area contributed by atoms with Gasteiger partial charge in [0.1, 0.15) is 11.5 Å². The lowest BCUT2D eigenvalue weighted by Gasteiger charge is -2.15. The van der Waals surface area contributed by atoms with E-state index >= 15 is 0 Å². The molecule has 0 heterocycles. The fraction of sp³-hybridized carbons (Fsp3) is 0.417. The molecule has 1 rings (SSSR count). The van der Waals surface area contributed by atoms with Crippen molar-refractivity contribution in [2.75, 3.05) is 13.1 Å². The Bertz CT molecular complexity index is 393. The van der Waals surface area contributed by atoms with E-state index in [-0.39, 0.29) is 30.0 Å². The molecule has 0 saturated heterocycles. The van der Waals surface area contributed by atoms with Crippen LogP contribution in [-0.4, -0.2) is 29.2 Å². The van der Waals surface area contributed by atoms with E-state index in [2.05, 4.69) is 10.6 Å². The predicted octanol–water partition coefficient (Wildman–Crippen LogP) is 0.884. The molecular weight excluding hydrogens is 220 g/mol. The zero-order valence-corrected chi connectivity index (χ0v) is 10.0. The highest BCUT2D eigenvalue weighted by Crippen LogP contribution is 2.27. The minimum Gasteiger partial charge on any atom is -0.508 e. The Morgan fingerprint density at radius 3 is 2.76 bits per heavy atom. The topological polar surface area (TPSA) is 81.6 Å². The Balaban J connectivity index is 2.60. The number of amides is 1. The highest BCUT2D eigenvalue weighted by Gasteiger charge is 2.11. The van der Waals surface area contributed by atoms with Gasteiger partial charge in [0.05, 0.1) is 6.54 Å². The molecule has 5 nitrogen and oxygen atoms in total. The van der Waals surface area contributed by atoms with Crippen molar-refractivity contribution in [2.45, 2.75) is 19.9 Å². The van der Waals surface area contributed by atoms with E-state index in [4.69, 9.17) is 0 Å². The number of phenolic OH excluding ortho intramolecular Hbond substituents is 2. The molecule has 0 saturated carbocycles. The predicted molar refractivity (Wildman–Crippen MR) is 64.9 cm³/mol. The van der Waals surface area contributed by atoms with Crippen LogP contribution in [0.3, 0.4) is 0 Å². The van der Waals surface area contributed by atoms with Gasteiger partial charge in [0.25, 0.3) is 0 Å². The average Bonchev–Trinajstić information content (AvgIpc) is 2.29. The third kappa shape index (κ3) is 3.96. The molecule has 1 amide bonds. The summed E-state index contributed by atoms with van der Waals surface area (Å²) in [7, 11) is 0. The molecule has 0 radical (unpaired) electrons. The second-order valence-electron chi connectivity index (χ2n) is 3.80. The Hall–Kier alpha value is -1.75. The van der Waals surface area contributed by atoms with E-state index < -0.39 is 0 Å². The largest absolute Gasteiger partial charge is 0.508 e. The summed E-state index contributed by atoms with van der Waals surface area (Å²) in [6.45, 7) is 4.42. The first kappa shape index (κ1) is 13.3. The van der Waals surface area contributed by atoms with Crippen LogP contribution >= 0.6 is 0 Å². The summed E-state index contributed by atoms with van der Waals surface area (Å²) in [5, 5.41) is 24.6. The monoisotopic (exact) mass is 238 g/mol. The molecule has 17 heavy (non-hydrogen) atoms. The summed E-state index contributed by atoms with van der Waals surface area (Å²) in [6, 6.07) is 4.10. The molecule has 0 aliphatic heterocycles. The highest BCUT2D eigenvalue weighted by atomic mass is 16.3. The number of nitrogens with one attached hydrogen (secondary N) is 2. The molecule has 5 heteroatoms. The molecular formula is C12H18N2O3. The van der Waals surface area contributed by atoms with E-state index in [0.717, 1.165) is 0 Å². The maximum Gasteiger partial charge on any atom is 0.233 e. The van der Waals surface area contributed by atoms with Crippen molar-refractivity contribution < 1.29 is 15.0 Å². The number of aromatic hydroxyl groups is 2. The van der Waals surface area contributed by atoms with E-state index in [1.807, 2.05) is 13.8 Å². The fourth-order valence-electron chi connectivity index (χ4n) is 1.50. The molecule has 0 spiro atoms. The highest BCUT2D eigenvalue weighted by molar-refractivity contribution is 5.77. The Morgan fingerprint density at radius 1 is 1.41 bits per heavy atom. The van der Waals surface area contributed by atoms with Gasteiger partial charge in [0.15, 0.2) is 0 Å². The normalized spacial score (nSPS) is 12.1. The number of rotatable bonds is 5. The SMILES string of the molecule is CCNC(=O)CNC(C)c1cc(O)ccc1O. The maximum absolute atomic E-state index is 11.2. The van der Waals surface area contributed by atoms with Gasteiger partial charge in [-0.2, -0.15) is 0 Å². The summed E-state index contributed by atoms with van der Waals surface area (Å²) in [5.41, 5.74) is 0.564. The summed E-state index contributed by atoms with van der Waals surface area (Å²) in [4.78, 5) is 11.2. The minimum absolute atomic E-state index is 0.0875. The zero-order valence-electron chi connectivity index (χ0n) is 10.0. The number of likely N-dealkylation sites (N-methyl/N-ethyl adjacent to an activating group) is 1. The molecule has 0 aliphatic rings. The summed E-state index contributed by atoms with van der Waals surface area (Å²) < 4.78 is 0. The molecule has 1 aromatic carbocycles. The number of benzene rings is 1. The van der Waals surface area contributed by atoms with Crippen LogP contribution < -0.4 is 10.6 Å². The molecule has 0 bridgehead atoms. The van der Waals surface area contributed by atoms with Crippen LogP contribution in [-0.2, 0) is 4.79 Å². The van der Waals surface area contributed by atoms with Crippen LogP contribution in [0.2, 0.25) is 0 Å². The third-order valence-corrected chi connectivity index (χ3v) is 2.42. The Kier molecular flexibility index (Phi) is 4.78. The van der Waals surface area contributed by atoms with Crippen molar-refractivity contribution in [1.82, 2.24) is 10.6 Å². The Labute approximate surface area is 100 Å². The van der Waals surface area contributed by atoms with Gasteiger partial charge in [-0.25, -0.2) is 0 Å². The minimum atomic E-state index is -0.218. The van der Waals surface area contributed by atoms with Gasteiger partial charge in [0, 0.05) is 18.2 Å². The van der Waals surface area contributed by atoms with Crippen LogP contribution in [0.4, 0.5) is 0 Å². The molecule has 0 fully saturated rings. The number of hydrogen-bond acceptors (Lipinski definition) is 4. The van der Waals surface area contributed by atoms with Crippen LogP contribution in [0.25, 0.3) is 0 Å². The van der Waals surface area contributed by atoms with Gasteiger partial charge in [0.2, 0.25) is 5.91 Å². The standard InChI is InChI=1S/C12H18N2O3/c1-3-13-12(17)7-14-8(2)10-6-9(15)4-5-11(10)16/h4-6,8,14-16H,3,7H2,1-2H3,(H,13,17). The molecule has 1 unspecified atom stereocenters. The van der Waals surface area contributed by atoms with E-state index in [9.17, 15) is 15.0 Å². The number of carbonyl (C=O) groups is 1. The second kappa shape index (κ2) is 6.10. The lowest BCUT2D eigenvalue weighted by Crippen LogP contribution is -2.34. The van der Waals surface area contributed by atoms with Crippen LogP contribution in [0.1, 0.15) is 25.5 Å². The lowest BCUT2D eigenvalue weighted by atomic mass is 10.1. The molecule has 94 valence electrons. The molecule has 1 atom stereocenters. The van der Waals surface area contributed by atoms with Crippen molar-refractivity contribution in [3.8, 4) is 11.5 Å². The van der Waals surface area contributed by atoms with Gasteiger partial charge >= 0.3 is 0 Å². The summed E-state index contributed by atoms with van der Waals surface area (Å²) in [5.74, 6) is 0.0853. The van der Waals surface area contributed by atoms with Crippen molar-refractivity contribution in [3.05, 3.63) is 23.8 Å². The lowest BCUT2D eigenvalue weighted by molar-refractivity contribution is -0.120. The van der Waals surface area contributed by atoms with Crippen LogP contribution in [0.15, 0.2) is 18.2 Å². The van der Waals surface area contributed by atoms with Gasteiger partial charge in [-0.15, -0.1) is 0 Å². The molecule has 1 aromatic rings. The van der Waals surface area contributed by atoms with Crippen molar-refractivity contribution in [3.63, 3.8) is 0 Å². The molecule has 4 N–H and O–H groups in total. The Morgan fingerprint density at radius 2 is 2.12 bits per heavy atom.